The number of nitrogens with one attached hydrogen (secondary N) is 2. The lowest BCUT2D eigenvalue weighted by molar-refractivity contribution is -0.122. The Morgan fingerprint density at radius 2 is 1.56 bits per heavy atom. The molecule has 5 nitrogen and oxygen atoms in total. The molecule has 0 bridgehead atoms. The van der Waals surface area contributed by atoms with E-state index in [1.807, 2.05) is 48.5 Å². The fraction of sp³-hybridized carbons (Fsp3) is 0.300. The first kappa shape index (κ1) is 18.5. The molecule has 0 aliphatic rings. The number of hydrogen-bond acceptors (Lipinski definition) is 3. The number of rotatable bonds is 8. The lowest BCUT2D eigenvalue weighted by Crippen LogP contribution is -2.45. The van der Waals surface area contributed by atoms with E-state index in [0.717, 1.165) is 18.4 Å². The van der Waals surface area contributed by atoms with Gasteiger partial charge in [0.15, 0.2) is 0 Å². The largest absolute Gasteiger partial charge is 0.445 e. The first-order valence-electron chi connectivity index (χ1n) is 8.44. The molecule has 5 heteroatoms. The van der Waals surface area contributed by atoms with Crippen molar-refractivity contribution in [1.29, 1.82) is 0 Å². The normalized spacial score (nSPS) is 11.4. The highest BCUT2D eigenvalue weighted by molar-refractivity contribution is 5.85. The Kier molecular flexibility index (Phi) is 7.50. The van der Waals surface area contributed by atoms with Crippen molar-refractivity contribution in [2.45, 2.75) is 32.4 Å². The molecule has 2 aromatic rings. The Hall–Kier alpha value is -2.82. The first-order chi connectivity index (χ1) is 12.1. The molecule has 2 amide bonds. The summed E-state index contributed by atoms with van der Waals surface area (Å²) in [6.07, 6.45) is 1.15. The standard InChI is InChI=1S/C20H24N2O3/c1-16(22-20(24)25-15-18-11-6-3-7-12-18)19(23)21-14-8-13-17-9-4-2-5-10-17/h2-7,9-12,16H,8,13-15H2,1H3,(H,21,23)(H,22,24)/t16-/m1/s1. The monoisotopic (exact) mass is 340 g/mol. The van der Waals surface area contributed by atoms with E-state index < -0.39 is 12.1 Å². The zero-order valence-electron chi connectivity index (χ0n) is 14.4. The Morgan fingerprint density at radius 1 is 0.960 bits per heavy atom. The molecular formula is C20H24N2O3. The molecule has 0 saturated heterocycles. The molecule has 0 fully saturated rings. The highest BCUT2D eigenvalue weighted by Crippen LogP contribution is 2.02. The van der Waals surface area contributed by atoms with Gasteiger partial charge in [0.25, 0.3) is 0 Å². The molecule has 0 saturated carbocycles. The summed E-state index contributed by atoms with van der Waals surface area (Å²) in [6.45, 7) is 2.38. The fourth-order valence-corrected chi connectivity index (χ4v) is 2.31. The molecule has 2 N–H and O–H groups in total. The molecule has 0 spiro atoms. The number of carbonyl (C=O) groups is 2. The third-order valence-electron chi connectivity index (χ3n) is 3.72. The second kappa shape index (κ2) is 10.1. The van der Waals surface area contributed by atoms with Crippen molar-refractivity contribution in [2.75, 3.05) is 6.54 Å². The van der Waals surface area contributed by atoms with Crippen molar-refractivity contribution < 1.29 is 14.3 Å². The topological polar surface area (TPSA) is 67.4 Å². The molecule has 0 aromatic heterocycles. The molecule has 0 aliphatic carbocycles. The van der Waals surface area contributed by atoms with Crippen LogP contribution in [0.3, 0.4) is 0 Å². The summed E-state index contributed by atoms with van der Waals surface area (Å²) in [6, 6.07) is 18.9. The Labute approximate surface area is 148 Å². The van der Waals surface area contributed by atoms with Crippen molar-refractivity contribution >= 4 is 12.0 Å². The van der Waals surface area contributed by atoms with Crippen LogP contribution in [0.5, 0.6) is 0 Å². The van der Waals surface area contributed by atoms with E-state index in [1.54, 1.807) is 6.92 Å². The van der Waals surface area contributed by atoms with E-state index >= 15 is 0 Å². The summed E-state index contributed by atoms with van der Waals surface area (Å²) in [4.78, 5) is 23.7. The molecule has 0 heterocycles. The highest BCUT2D eigenvalue weighted by atomic mass is 16.5. The molecule has 132 valence electrons. The first-order valence-corrected chi connectivity index (χ1v) is 8.44. The molecule has 2 rings (SSSR count). The summed E-state index contributed by atoms with van der Waals surface area (Å²) < 4.78 is 5.10. The van der Waals surface area contributed by atoms with Crippen LogP contribution in [0.4, 0.5) is 4.79 Å². The predicted octanol–water partition coefficient (Wildman–Crippen LogP) is 3.05. The van der Waals surface area contributed by atoms with Crippen molar-refractivity contribution in [1.82, 2.24) is 10.6 Å². The molecule has 0 radical (unpaired) electrons. The number of alkyl carbamates (subject to hydrolysis) is 1. The number of amides is 2. The smallest absolute Gasteiger partial charge is 0.408 e. The summed E-state index contributed by atoms with van der Waals surface area (Å²) in [5, 5.41) is 5.36. The van der Waals surface area contributed by atoms with Gasteiger partial charge in [0, 0.05) is 6.54 Å². The molecule has 0 unspecified atom stereocenters. The third kappa shape index (κ3) is 7.08. The van der Waals surface area contributed by atoms with Crippen LogP contribution in [-0.2, 0) is 22.6 Å². The van der Waals surface area contributed by atoms with E-state index in [1.165, 1.54) is 5.56 Å². The van der Waals surface area contributed by atoms with E-state index in [9.17, 15) is 9.59 Å². The highest BCUT2D eigenvalue weighted by Gasteiger charge is 2.15. The van der Waals surface area contributed by atoms with Gasteiger partial charge in [-0.15, -0.1) is 0 Å². The van der Waals surface area contributed by atoms with E-state index in [0.29, 0.717) is 6.54 Å². The maximum atomic E-state index is 12.0. The summed E-state index contributed by atoms with van der Waals surface area (Å²) in [7, 11) is 0. The fourth-order valence-electron chi connectivity index (χ4n) is 2.31. The maximum Gasteiger partial charge on any atom is 0.408 e. The predicted molar refractivity (Wildman–Crippen MR) is 97.0 cm³/mol. The number of carbonyl (C=O) groups excluding carboxylic acids is 2. The Balaban J connectivity index is 1.61. The van der Waals surface area contributed by atoms with Gasteiger partial charge in [-0.2, -0.15) is 0 Å². The van der Waals surface area contributed by atoms with Crippen molar-refractivity contribution in [3.05, 3.63) is 71.8 Å². The third-order valence-corrected chi connectivity index (χ3v) is 3.72. The number of hydrogen-bond donors (Lipinski definition) is 2. The lowest BCUT2D eigenvalue weighted by atomic mass is 10.1. The number of ether oxygens (including phenoxy) is 1. The second-order valence-corrected chi connectivity index (χ2v) is 5.81. The Bertz CT molecular complexity index is 659. The van der Waals surface area contributed by atoms with Gasteiger partial charge in [-0.05, 0) is 30.9 Å². The Morgan fingerprint density at radius 3 is 2.20 bits per heavy atom. The summed E-state index contributed by atoms with van der Waals surface area (Å²) >= 11 is 0. The van der Waals surface area contributed by atoms with Crippen LogP contribution in [0.25, 0.3) is 0 Å². The molecular weight excluding hydrogens is 316 g/mol. The zero-order valence-corrected chi connectivity index (χ0v) is 14.4. The van der Waals surface area contributed by atoms with E-state index in [-0.39, 0.29) is 12.5 Å². The molecule has 2 aromatic carbocycles. The van der Waals surface area contributed by atoms with Crippen molar-refractivity contribution in [3.8, 4) is 0 Å². The van der Waals surface area contributed by atoms with Gasteiger partial charge in [-0.1, -0.05) is 60.7 Å². The average molecular weight is 340 g/mol. The minimum Gasteiger partial charge on any atom is -0.445 e. The number of aryl methyl sites for hydroxylation is 1. The van der Waals surface area contributed by atoms with Crippen LogP contribution in [0.2, 0.25) is 0 Å². The zero-order chi connectivity index (χ0) is 17.9. The van der Waals surface area contributed by atoms with Crippen molar-refractivity contribution in [2.24, 2.45) is 0 Å². The summed E-state index contributed by atoms with van der Waals surface area (Å²) in [5.41, 5.74) is 2.14. The lowest BCUT2D eigenvalue weighted by Gasteiger charge is -2.14. The number of benzene rings is 2. The van der Waals surface area contributed by atoms with Gasteiger partial charge in [0.2, 0.25) is 5.91 Å². The minimum atomic E-state index is -0.639. The maximum absolute atomic E-state index is 12.0. The van der Waals surface area contributed by atoms with Crippen LogP contribution in [-0.4, -0.2) is 24.6 Å². The quantitative estimate of drug-likeness (QED) is 0.726. The average Bonchev–Trinajstić information content (AvgIpc) is 2.65. The van der Waals surface area contributed by atoms with Crippen LogP contribution < -0.4 is 10.6 Å². The summed E-state index contributed by atoms with van der Waals surface area (Å²) in [5.74, 6) is -0.218. The van der Waals surface area contributed by atoms with Crippen LogP contribution in [0.1, 0.15) is 24.5 Å². The molecule has 0 aliphatic heterocycles. The minimum absolute atomic E-state index is 0.179. The van der Waals surface area contributed by atoms with Gasteiger partial charge < -0.3 is 15.4 Å². The van der Waals surface area contributed by atoms with Crippen LogP contribution in [0.15, 0.2) is 60.7 Å². The van der Waals surface area contributed by atoms with Crippen LogP contribution >= 0.6 is 0 Å². The van der Waals surface area contributed by atoms with Gasteiger partial charge in [0.1, 0.15) is 12.6 Å². The van der Waals surface area contributed by atoms with Crippen molar-refractivity contribution in [3.63, 3.8) is 0 Å². The van der Waals surface area contributed by atoms with Crippen LogP contribution in [0, 0.1) is 0 Å². The van der Waals surface area contributed by atoms with E-state index in [4.69, 9.17) is 4.74 Å². The van der Waals surface area contributed by atoms with Gasteiger partial charge in [0.05, 0.1) is 0 Å². The van der Waals surface area contributed by atoms with Gasteiger partial charge >= 0.3 is 6.09 Å². The molecule has 25 heavy (non-hydrogen) atoms. The van der Waals surface area contributed by atoms with Gasteiger partial charge in [-0.3, -0.25) is 4.79 Å². The second-order valence-electron chi connectivity index (χ2n) is 5.81. The van der Waals surface area contributed by atoms with E-state index in [2.05, 4.69) is 22.8 Å². The molecule has 1 atom stereocenters. The SMILES string of the molecule is C[C@@H](NC(=O)OCc1ccccc1)C(=O)NCCCc1ccccc1. The van der Waals surface area contributed by atoms with Gasteiger partial charge in [-0.25, -0.2) is 4.79 Å².